The summed E-state index contributed by atoms with van der Waals surface area (Å²) >= 11 is 0. The van der Waals surface area contributed by atoms with Crippen LogP contribution in [-0.2, 0) is 11.3 Å². The van der Waals surface area contributed by atoms with E-state index in [9.17, 15) is 20.0 Å². The topological polar surface area (TPSA) is 110 Å². The van der Waals surface area contributed by atoms with Gasteiger partial charge in [-0.2, -0.15) is 5.10 Å². The third kappa shape index (κ3) is 3.75. The molecular weight excluding hydrogens is 252 g/mol. The fourth-order valence-electron chi connectivity index (χ4n) is 2.23. The number of aromatic nitrogens is 2. The van der Waals surface area contributed by atoms with Gasteiger partial charge in [0.15, 0.2) is 0 Å². The highest BCUT2D eigenvalue weighted by Crippen LogP contribution is 2.24. The molecule has 2 atom stereocenters. The fraction of sp³-hybridized carbons (Fsp3) is 0.636. The summed E-state index contributed by atoms with van der Waals surface area (Å²) in [4.78, 5) is 21.5. The molecular formula is C11H16N4O4. The number of aliphatic hydroxyl groups is 1. The van der Waals surface area contributed by atoms with Crippen LogP contribution in [0.25, 0.3) is 0 Å². The molecule has 0 aromatic carbocycles. The molecule has 0 spiro atoms. The molecule has 1 aliphatic rings. The summed E-state index contributed by atoms with van der Waals surface area (Å²) in [7, 11) is 0. The van der Waals surface area contributed by atoms with E-state index in [-0.39, 0.29) is 24.2 Å². The Morgan fingerprint density at radius 1 is 1.63 bits per heavy atom. The number of nitrogens with one attached hydrogen (secondary N) is 1. The van der Waals surface area contributed by atoms with Gasteiger partial charge in [-0.1, -0.05) is 0 Å². The summed E-state index contributed by atoms with van der Waals surface area (Å²) < 4.78 is 1.23. The molecule has 2 unspecified atom stereocenters. The lowest BCUT2D eigenvalue weighted by atomic mass is 10.1. The third-order valence-electron chi connectivity index (χ3n) is 3.24. The summed E-state index contributed by atoms with van der Waals surface area (Å²) in [6, 6.07) is 0. The molecule has 1 saturated carbocycles. The molecule has 8 nitrogen and oxygen atoms in total. The van der Waals surface area contributed by atoms with Crippen LogP contribution < -0.4 is 5.32 Å². The second-order valence-corrected chi connectivity index (χ2v) is 4.79. The summed E-state index contributed by atoms with van der Waals surface area (Å²) in [5, 5.41) is 26.3. The highest BCUT2D eigenvalue weighted by atomic mass is 16.6. The maximum atomic E-state index is 11.6. The smallest absolute Gasteiger partial charge is 0.307 e. The van der Waals surface area contributed by atoms with Crippen molar-refractivity contribution < 1.29 is 14.8 Å². The molecule has 1 aromatic heterocycles. The number of nitrogens with zero attached hydrogens (tertiary/aromatic N) is 3. The van der Waals surface area contributed by atoms with Crippen molar-refractivity contribution in [1.82, 2.24) is 15.1 Å². The van der Waals surface area contributed by atoms with Crippen LogP contribution in [0.15, 0.2) is 12.4 Å². The van der Waals surface area contributed by atoms with Crippen molar-refractivity contribution in [2.75, 3.05) is 6.54 Å². The summed E-state index contributed by atoms with van der Waals surface area (Å²) in [5.41, 5.74) is -0.133. The number of hydrogen-bond acceptors (Lipinski definition) is 5. The minimum absolute atomic E-state index is 0.0386. The van der Waals surface area contributed by atoms with Crippen molar-refractivity contribution in [2.45, 2.75) is 31.9 Å². The lowest BCUT2D eigenvalue weighted by Gasteiger charge is -2.10. The highest BCUT2D eigenvalue weighted by Gasteiger charge is 2.23. The van der Waals surface area contributed by atoms with Crippen LogP contribution in [0.5, 0.6) is 0 Å². The van der Waals surface area contributed by atoms with Gasteiger partial charge in [-0.3, -0.25) is 19.6 Å². The number of nitro groups is 1. The Bertz CT molecular complexity index is 473. The Kier molecular flexibility index (Phi) is 4.10. The molecule has 1 aliphatic carbocycles. The highest BCUT2D eigenvalue weighted by molar-refractivity contribution is 5.75. The van der Waals surface area contributed by atoms with Crippen molar-refractivity contribution >= 4 is 11.6 Å². The van der Waals surface area contributed by atoms with E-state index in [0.717, 1.165) is 19.0 Å². The lowest BCUT2D eigenvalue weighted by molar-refractivity contribution is -0.385. The minimum Gasteiger partial charge on any atom is -0.393 e. The molecule has 0 saturated heterocycles. The predicted molar refractivity (Wildman–Crippen MR) is 65.2 cm³/mol. The summed E-state index contributed by atoms with van der Waals surface area (Å²) in [5.74, 6) is 0.0743. The first-order valence-corrected chi connectivity index (χ1v) is 6.16. The van der Waals surface area contributed by atoms with Crippen molar-refractivity contribution in [3.63, 3.8) is 0 Å². The Hall–Kier alpha value is -1.96. The molecule has 1 fully saturated rings. The van der Waals surface area contributed by atoms with Gasteiger partial charge in [0.05, 0.1) is 11.0 Å². The van der Waals surface area contributed by atoms with Crippen LogP contribution in [-0.4, -0.2) is 38.4 Å². The van der Waals surface area contributed by atoms with Gasteiger partial charge < -0.3 is 10.4 Å². The number of hydrogen-bond donors (Lipinski definition) is 2. The minimum atomic E-state index is -0.554. The fourth-order valence-corrected chi connectivity index (χ4v) is 2.23. The monoisotopic (exact) mass is 268 g/mol. The molecule has 2 rings (SSSR count). The summed E-state index contributed by atoms with van der Waals surface area (Å²) in [6.07, 6.45) is 4.49. The van der Waals surface area contributed by atoms with Gasteiger partial charge in [0, 0.05) is 6.54 Å². The maximum Gasteiger partial charge on any atom is 0.307 e. The first kappa shape index (κ1) is 13.5. The Labute approximate surface area is 109 Å². The van der Waals surface area contributed by atoms with Gasteiger partial charge >= 0.3 is 5.69 Å². The predicted octanol–water partition coefficient (Wildman–Crippen LogP) is 0.0685. The number of amides is 1. The van der Waals surface area contributed by atoms with Crippen LogP contribution in [0, 0.1) is 16.0 Å². The largest absolute Gasteiger partial charge is 0.393 e. The van der Waals surface area contributed by atoms with E-state index in [0.29, 0.717) is 18.9 Å². The molecule has 8 heteroatoms. The van der Waals surface area contributed by atoms with Gasteiger partial charge in [0.1, 0.15) is 18.9 Å². The second kappa shape index (κ2) is 5.79. The van der Waals surface area contributed by atoms with Gasteiger partial charge in [-0.15, -0.1) is 0 Å². The first-order chi connectivity index (χ1) is 9.04. The van der Waals surface area contributed by atoms with E-state index in [1.54, 1.807) is 0 Å². The van der Waals surface area contributed by atoms with Gasteiger partial charge in [0.25, 0.3) is 0 Å². The number of rotatable bonds is 5. The zero-order valence-electron chi connectivity index (χ0n) is 10.4. The lowest BCUT2D eigenvalue weighted by Crippen LogP contribution is -2.31. The first-order valence-electron chi connectivity index (χ1n) is 6.16. The average Bonchev–Trinajstić information content (AvgIpc) is 2.96. The van der Waals surface area contributed by atoms with Crippen molar-refractivity contribution in [3.05, 3.63) is 22.5 Å². The van der Waals surface area contributed by atoms with Crippen molar-refractivity contribution in [2.24, 2.45) is 5.92 Å². The standard InChI is InChI=1S/C11H16N4O4/c16-10-2-1-8(3-10)4-12-11(17)7-14-6-9(5-13-14)15(18)19/h5-6,8,10,16H,1-4,7H2,(H,12,17). The van der Waals surface area contributed by atoms with E-state index >= 15 is 0 Å². The van der Waals surface area contributed by atoms with E-state index in [1.165, 1.54) is 10.9 Å². The molecule has 104 valence electrons. The van der Waals surface area contributed by atoms with Crippen molar-refractivity contribution in [3.8, 4) is 0 Å². The SMILES string of the molecule is O=C(Cn1cc([N+](=O)[O-])cn1)NCC1CCC(O)C1. The second-order valence-electron chi connectivity index (χ2n) is 4.79. The molecule has 19 heavy (non-hydrogen) atoms. The van der Waals surface area contributed by atoms with E-state index < -0.39 is 4.92 Å². The van der Waals surface area contributed by atoms with Crippen LogP contribution in [0.3, 0.4) is 0 Å². The molecule has 1 amide bonds. The van der Waals surface area contributed by atoms with E-state index in [1.807, 2.05) is 0 Å². The molecule has 0 aliphatic heterocycles. The zero-order chi connectivity index (χ0) is 13.8. The number of carbonyl (C=O) groups is 1. The van der Waals surface area contributed by atoms with Crippen LogP contribution >= 0.6 is 0 Å². The van der Waals surface area contributed by atoms with E-state index in [4.69, 9.17) is 0 Å². The van der Waals surface area contributed by atoms with Gasteiger partial charge in [-0.05, 0) is 25.2 Å². The van der Waals surface area contributed by atoms with Crippen molar-refractivity contribution in [1.29, 1.82) is 0 Å². The Balaban J connectivity index is 1.76. The quantitative estimate of drug-likeness (QED) is 0.580. The maximum absolute atomic E-state index is 11.6. The average molecular weight is 268 g/mol. The molecule has 1 aromatic rings. The number of carbonyl (C=O) groups excluding carboxylic acids is 1. The number of aliphatic hydroxyl groups excluding tert-OH is 1. The zero-order valence-corrected chi connectivity index (χ0v) is 10.4. The molecule has 2 N–H and O–H groups in total. The summed E-state index contributed by atoms with van der Waals surface area (Å²) in [6.45, 7) is 0.488. The Morgan fingerprint density at radius 2 is 2.42 bits per heavy atom. The third-order valence-corrected chi connectivity index (χ3v) is 3.24. The van der Waals surface area contributed by atoms with Crippen LogP contribution in [0.2, 0.25) is 0 Å². The van der Waals surface area contributed by atoms with Gasteiger partial charge in [0.2, 0.25) is 5.91 Å². The normalized spacial score (nSPS) is 22.4. The van der Waals surface area contributed by atoms with Gasteiger partial charge in [-0.25, -0.2) is 0 Å². The van der Waals surface area contributed by atoms with Crippen LogP contribution in [0.4, 0.5) is 5.69 Å². The van der Waals surface area contributed by atoms with E-state index in [2.05, 4.69) is 10.4 Å². The molecule has 0 bridgehead atoms. The molecule has 0 radical (unpaired) electrons. The van der Waals surface area contributed by atoms with Crippen LogP contribution in [0.1, 0.15) is 19.3 Å². The Morgan fingerprint density at radius 3 is 3.00 bits per heavy atom. The molecule has 1 heterocycles.